The van der Waals surface area contributed by atoms with Crippen molar-refractivity contribution in [2.75, 3.05) is 6.54 Å². The summed E-state index contributed by atoms with van der Waals surface area (Å²) >= 11 is 0. The Morgan fingerprint density at radius 3 is 2.85 bits per heavy atom. The fraction of sp³-hybridized carbons (Fsp3) is 0.500. The Bertz CT molecular complexity index is 540. The van der Waals surface area contributed by atoms with Gasteiger partial charge in [0, 0.05) is 11.6 Å². The van der Waals surface area contributed by atoms with Crippen molar-refractivity contribution >= 4 is 0 Å². The van der Waals surface area contributed by atoms with Crippen LogP contribution in [0.1, 0.15) is 37.7 Å². The topological polar surface area (TPSA) is 64.9 Å². The summed E-state index contributed by atoms with van der Waals surface area (Å²) in [5.41, 5.74) is 1.14. The number of ether oxygens (including phenoxy) is 1. The molecule has 1 aromatic heterocycles. The minimum absolute atomic E-state index is 0.251. The zero-order valence-electron chi connectivity index (χ0n) is 12.2. The van der Waals surface area contributed by atoms with Gasteiger partial charge in [-0.15, -0.1) is 10.2 Å². The molecule has 0 amide bonds. The van der Waals surface area contributed by atoms with Crippen molar-refractivity contribution in [1.82, 2.24) is 25.5 Å². The van der Waals surface area contributed by atoms with Crippen molar-refractivity contribution in [3.8, 4) is 5.75 Å². The van der Waals surface area contributed by atoms with Gasteiger partial charge < -0.3 is 10.1 Å². The second kappa shape index (κ2) is 7.00. The molecular formula is C14H21N5O. The summed E-state index contributed by atoms with van der Waals surface area (Å²) in [5.74, 6) is 1.44. The van der Waals surface area contributed by atoms with Gasteiger partial charge in [-0.2, -0.15) is 4.80 Å². The summed E-state index contributed by atoms with van der Waals surface area (Å²) in [5, 5.41) is 15.3. The van der Waals surface area contributed by atoms with E-state index in [9.17, 15) is 0 Å². The molecule has 1 atom stereocenters. The van der Waals surface area contributed by atoms with E-state index in [1.165, 1.54) is 4.80 Å². The van der Waals surface area contributed by atoms with Crippen LogP contribution in [0.4, 0.5) is 0 Å². The first-order valence-electron chi connectivity index (χ1n) is 6.88. The lowest BCUT2D eigenvalue weighted by Gasteiger charge is -2.17. The van der Waals surface area contributed by atoms with Gasteiger partial charge in [0.15, 0.2) is 6.61 Å². The number of tetrazole rings is 1. The number of rotatable bonds is 7. The smallest absolute Gasteiger partial charge is 0.212 e. The molecule has 0 bridgehead atoms. The Labute approximate surface area is 119 Å². The van der Waals surface area contributed by atoms with Crippen LogP contribution >= 0.6 is 0 Å². The van der Waals surface area contributed by atoms with E-state index in [0.717, 1.165) is 24.3 Å². The lowest BCUT2D eigenvalue weighted by Crippen LogP contribution is -2.20. The van der Waals surface area contributed by atoms with Gasteiger partial charge in [-0.3, -0.25) is 0 Å². The lowest BCUT2D eigenvalue weighted by atomic mass is 10.1. The van der Waals surface area contributed by atoms with Gasteiger partial charge in [-0.25, -0.2) is 0 Å². The highest BCUT2D eigenvalue weighted by atomic mass is 16.5. The van der Waals surface area contributed by atoms with E-state index in [0.29, 0.717) is 12.4 Å². The van der Waals surface area contributed by atoms with Crippen LogP contribution in [0.2, 0.25) is 0 Å². The Hall–Kier alpha value is -1.95. The molecule has 20 heavy (non-hydrogen) atoms. The monoisotopic (exact) mass is 275 g/mol. The van der Waals surface area contributed by atoms with Crippen molar-refractivity contribution < 1.29 is 4.74 Å². The second-order valence-electron chi connectivity index (χ2n) is 4.70. The third-order valence-electron chi connectivity index (χ3n) is 2.99. The number of nitrogens with zero attached hydrogens (tertiary/aromatic N) is 4. The fourth-order valence-electron chi connectivity index (χ4n) is 1.96. The number of hydrogen-bond donors (Lipinski definition) is 1. The van der Waals surface area contributed by atoms with E-state index in [-0.39, 0.29) is 6.04 Å². The molecule has 0 saturated carbocycles. The molecule has 1 unspecified atom stereocenters. The average molecular weight is 275 g/mol. The molecular weight excluding hydrogens is 254 g/mol. The predicted molar refractivity (Wildman–Crippen MR) is 76.3 cm³/mol. The Morgan fingerprint density at radius 2 is 2.15 bits per heavy atom. The highest BCUT2D eigenvalue weighted by Crippen LogP contribution is 2.25. The number of aromatic nitrogens is 4. The largest absolute Gasteiger partial charge is 0.485 e. The third-order valence-corrected chi connectivity index (χ3v) is 2.99. The maximum atomic E-state index is 5.82. The molecule has 1 heterocycles. The summed E-state index contributed by atoms with van der Waals surface area (Å²) in [6.45, 7) is 5.60. The standard InChI is InChI=1S/C14H21N5O/c1-4-9-15-11(2)12-7-5-6-8-13(12)20-10-14-16-18-19(3)17-14/h5-8,11,15H,4,9-10H2,1-3H3. The molecule has 1 N–H and O–H groups in total. The van der Waals surface area contributed by atoms with Gasteiger partial charge in [-0.1, -0.05) is 25.1 Å². The van der Waals surface area contributed by atoms with Crippen LogP contribution in [0.15, 0.2) is 24.3 Å². The number of para-hydroxylation sites is 1. The SMILES string of the molecule is CCCNC(C)c1ccccc1OCc1nnn(C)n1. The summed E-state index contributed by atoms with van der Waals surface area (Å²) in [6.07, 6.45) is 1.11. The molecule has 0 radical (unpaired) electrons. The van der Waals surface area contributed by atoms with Crippen LogP contribution in [-0.4, -0.2) is 26.8 Å². The first-order valence-corrected chi connectivity index (χ1v) is 6.88. The molecule has 0 spiro atoms. The van der Waals surface area contributed by atoms with Crippen molar-refractivity contribution in [1.29, 1.82) is 0 Å². The van der Waals surface area contributed by atoms with Crippen LogP contribution in [0.25, 0.3) is 0 Å². The van der Waals surface area contributed by atoms with Crippen molar-refractivity contribution in [2.24, 2.45) is 7.05 Å². The predicted octanol–water partition coefficient (Wildman–Crippen LogP) is 1.85. The summed E-state index contributed by atoms with van der Waals surface area (Å²) in [7, 11) is 1.74. The Kier molecular flexibility index (Phi) is 5.06. The number of hydrogen-bond acceptors (Lipinski definition) is 5. The normalized spacial score (nSPS) is 12.3. The van der Waals surface area contributed by atoms with Crippen LogP contribution in [-0.2, 0) is 13.7 Å². The van der Waals surface area contributed by atoms with Gasteiger partial charge in [0.1, 0.15) is 5.75 Å². The van der Waals surface area contributed by atoms with E-state index in [1.807, 2.05) is 18.2 Å². The van der Waals surface area contributed by atoms with Crippen LogP contribution in [0.3, 0.4) is 0 Å². The zero-order chi connectivity index (χ0) is 14.4. The third kappa shape index (κ3) is 3.77. The Balaban J connectivity index is 2.03. The van der Waals surface area contributed by atoms with E-state index in [4.69, 9.17) is 4.74 Å². The molecule has 6 nitrogen and oxygen atoms in total. The number of nitrogens with one attached hydrogen (secondary N) is 1. The molecule has 2 rings (SSSR count). The minimum Gasteiger partial charge on any atom is -0.485 e. The van der Waals surface area contributed by atoms with Crippen LogP contribution < -0.4 is 10.1 Å². The van der Waals surface area contributed by atoms with Crippen LogP contribution in [0, 0.1) is 0 Å². The molecule has 0 aliphatic heterocycles. The first-order chi connectivity index (χ1) is 9.70. The van der Waals surface area contributed by atoms with E-state index < -0.39 is 0 Å². The molecule has 0 aliphatic rings. The van der Waals surface area contributed by atoms with E-state index in [1.54, 1.807) is 7.05 Å². The van der Waals surface area contributed by atoms with Gasteiger partial charge in [0.05, 0.1) is 7.05 Å². The highest BCUT2D eigenvalue weighted by Gasteiger charge is 2.11. The van der Waals surface area contributed by atoms with E-state index in [2.05, 4.69) is 40.6 Å². The summed E-state index contributed by atoms with van der Waals surface area (Å²) in [4.78, 5) is 1.43. The molecule has 2 aromatic rings. The Morgan fingerprint density at radius 1 is 1.35 bits per heavy atom. The van der Waals surface area contributed by atoms with Gasteiger partial charge in [0.25, 0.3) is 0 Å². The molecule has 0 fully saturated rings. The fourth-order valence-corrected chi connectivity index (χ4v) is 1.96. The maximum Gasteiger partial charge on any atom is 0.212 e. The van der Waals surface area contributed by atoms with E-state index >= 15 is 0 Å². The van der Waals surface area contributed by atoms with Gasteiger partial charge in [-0.05, 0) is 31.2 Å². The molecule has 6 heteroatoms. The number of aryl methyl sites for hydroxylation is 1. The van der Waals surface area contributed by atoms with Gasteiger partial charge >= 0.3 is 0 Å². The average Bonchev–Trinajstić information content (AvgIpc) is 2.88. The summed E-state index contributed by atoms with van der Waals surface area (Å²) < 4.78 is 5.82. The van der Waals surface area contributed by atoms with Crippen molar-refractivity contribution in [3.05, 3.63) is 35.7 Å². The van der Waals surface area contributed by atoms with Gasteiger partial charge in [0.2, 0.25) is 5.82 Å². The maximum absolute atomic E-state index is 5.82. The molecule has 0 aliphatic carbocycles. The van der Waals surface area contributed by atoms with Crippen molar-refractivity contribution in [3.63, 3.8) is 0 Å². The van der Waals surface area contributed by atoms with Crippen molar-refractivity contribution in [2.45, 2.75) is 32.9 Å². The van der Waals surface area contributed by atoms with Crippen LogP contribution in [0.5, 0.6) is 5.75 Å². The second-order valence-corrected chi connectivity index (χ2v) is 4.70. The quantitative estimate of drug-likeness (QED) is 0.835. The molecule has 0 saturated heterocycles. The minimum atomic E-state index is 0.251. The summed E-state index contributed by atoms with van der Waals surface area (Å²) in [6, 6.07) is 8.28. The molecule has 1 aromatic carbocycles. The zero-order valence-corrected chi connectivity index (χ0v) is 12.2. The highest BCUT2D eigenvalue weighted by molar-refractivity contribution is 5.35. The molecule has 108 valence electrons. The first kappa shape index (κ1) is 14.5. The number of benzene rings is 1. The lowest BCUT2D eigenvalue weighted by molar-refractivity contribution is 0.289.